The first-order valence-electron chi connectivity index (χ1n) is 7.58. The molecule has 1 N–H and O–H groups in total. The number of anilines is 1. The Morgan fingerprint density at radius 3 is 2.67 bits per heavy atom. The van der Waals surface area contributed by atoms with Gasteiger partial charge in [0.25, 0.3) is 0 Å². The summed E-state index contributed by atoms with van der Waals surface area (Å²) in [5, 5.41) is 3.81. The number of benzene rings is 2. The van der Waals surface area contributed by atoms with Crippen LogP contribution in [0.5, 0.6) is 0 Å². The van der Waals surface area contributed by atoms with Crippen LogP contribution in [0.4, 0.5) is 5.69 Å². The molecular formula is C19H22BrN. The van der Waals surface area contributed by atoms with Gasteiger partial charge >= 0.3 is 0 Å². The lowest BCUT2D eigenvalue weighted by Gasteiger charge is -2.41. The topological polar surface area (TPSA) is 12.0 Å². The van der Waals surface area contributed by atoms with Crippen molar-refractivity contribution in [3.63, 3.8) is 0 Å². The molecule has 0 amide bonds. The van der Waals surface area contributed by atoms with Gasteiger partial charge in [-0.1, -0.05) is 60.1 Å². The molecule has 0 bridgehead atoms. The highest BCUT2D eigenvalue weighted by atomic mass is 79.9. The van der Waals surface area contributed by atoms with E-state index in [4.69, 9.17) is 0 Å². The Labute approximate surface area is 135 Å². The molecule has 0 radical (unpaired) electrons. The van der Waals surface area contributed by atoms with Crippen molar-refractivity contribution >= 4 is 21.6 Å². The highest BCUT2D eigenvalue weighted by molar-refractivity contribution is 9.10. The molecule has 0 aliphatic heterocycles. The predicted molar refractivity (Wildman–Crippen MR) is 93.8 cm³/mol. The third kappa shape index (κ3) is 2.74. The number of hydrogen-bond donors (Lipinski definition) is 1. The lowest BCUT2D eigenvalue weighted by molar-refractivity contribution is 0.265. The third-order valence-electron chi connectivity index (χ3n) is 4.75. The van der Waals surface area contributed by atoms with E-state index in [1.807, 2.05) is 0 Å². The van der Waals surface area contributed by atoms with Gasteiger partial charge in [0.2, 0.25) is 0 Å². The van der Waals surface area contributed by atoms with Crippen LogP contribution >= 0.6 is 15.9 Å². The van der Waals surface area contributed by atoms with Crippen LogP contribution in [0, 0.1) is 12.3 Å². The molecule has 2 aromatic carbocycles. The minimum atomic E-state index is 0.253. The van der Waals surface area contributed by atoms with Crippen LogP contribution < -0.4 is 5.32 Å². The molecule has 0 aromatic heterocycles. The van der Waals surface area contributed by atoms with Gasteiger partial charge in [-0.15, -0.1) is 0 Å². The number of nitrogens with one attached hydrogen (secondary N) is 1. The van der Waals surface area contributed by atoms with Gasteiger partial charge in [0.05, 0.1) is 6.04 Å². The molecule has 1 aliphatic rings. The summed E-state index contributed by atoms with van der Waals surface area (Å²) in [6.07, 6.45) is 2.40. The molecule has 0 spiro atoms. The van der Waals surface area contributed by atoms with Gasteiger partial charge in [-0.3, -0.25) is 0 Å². The fourth-order valence-corrected chi connectivity index (χ4v) is 3.62. The van der Waals surface area contributed by atoms with E-state index >= 15 is 0 Å². The zero-order chi connectivity index (χ0) is 15.0. The Hall–Kier alpha value is -1.28. The Morgan fingerprint density at radius 1 is 1.10 bits per heavy atom. The van der Waals surface area contributed by atoms with E-state index in [0.29, 0.717) is 6.04 Å². The Balaban J connectivity index is 2.01. The summed E-state index contributed by atoms with van der Waals surface area (Å²) in [5.41, 5.74) is 5.69. The van der Waals surface area contributed by atoms with Crippen LogP contribution in [0.2, 0.25) is 0 Å². The summed E-state index contributed by atoms with van der Waals surface area (Å²) >= 11 is 3.63. The van der Waals surface area contributed by atoms with Gasteiger partial charge in [0.15, 0.2) is 0 Å². The Kier molecular flexibility index (Phi) is 3.83. The fourth-order valence-electron chi connectivity index (χ4n) is 3.26. The van der Waals surface area contributed by atoms with Crippen LogP contribution in [0.15, 0.2) is 46.9 Å². The van der Waals surface area contributed by atoms with Crippen molar-refractivity contribution in [2.45, 2.75) is 39.7 Å². The zero-order valence-electron chi connectivity index (χ0n) is 12.9. The van der Waals surface area contributed by atoms with Crippen molar-refractivity contribution < 1.29 is 0 Å². The van der Waals surface area contributed by atoms with Gasteiger partial charge < -0.3 is 5.32 Å². The lowest BCUT2D eigenvalue weighted by Crippen LogP contribution is -2.33. The molecular weight excluding hydrogens is 322 g/mol. The van der Waals surface area contributed by atoms with Gasteiger partial charge in [0, 0.05) is 10.2 Å². The summed E-state index contributed by atoms with van der Waals surface area (Å²) in [6, 6.07) is 15.6. The molecule has 1 atom stereocenters. The first-order valence-corrected chi connectivity index (χ1v) is 8.38. The number of halogens is 1. The number of fused-ring (bicyclic) bond motifs is 1. The molecule has 110 valence electrons. The van der Waals surface area contributed by atoms with E-state index in [1.54, 1.807) is 0 Å². The van der Waals surface area contributed by atoms with E-state index in [0.717, 1.165) is 4.47 Å². The molecule has 2 heteroatoms. The largest absolute Gasteiger partial charge is 0.377 e. The maximum absolute atomic E-state index is 3.81. The van der Waals surface area contributed by atoms with Gasteiger partial charge in [-0.25, -0.2) is 0 Å². The van der Waals surface area contributed by atoms with Crippen molar-refractivity contribution in [2.24, 2.45) is 5.41 Å². The standard InChI is InChI=1S/C19H22BrN/c1-13-16(20)9-6-10-17(13)21-18-15-8-5-4-7-14(15)11-12-19(18,2)3/h4-10,18,21H,11-12H2,1-3H3. The SMILES string of the molecule is Cc1c(Br)cccc1NC1c2ccccc2CCC1(C)C. The van der Waals surface area contributed by atoms with E-state index in [-0.39, 0.29) is 5.41 Å². The minimum absolute atomic E-state index is 0.253. The summed E-state index contributed by atoms with van der Waals surface area (Å²) in [5.74, 6) is 0. The lowest BCUT2D eigenvalue weighted by atomic mass is 9.70. The first kappa shape index (κ1) is 14.6. The van der Waals surface area contributed by atoms with E-state index in [2.05, 4.69) is 84.5 Å². The molecule has 0 saturated heterocycles. The molecule has 0 fully saturated rings. The first-order chi connectivity index (χ1) is 9.99. The van der Waals surface area contributed by atoms with Crippen molar-refractivity contribution in [3.05, 3.63) is 63.6 Å². The molecule has 1 unspecified atom stereocenters. The third-order valence-corrected chi connectivity index (χ3v) is 5.61. The maximum Gasteiger partial charge on any atom is 0.0567 e. The molecule has 1 aliphatic carbocycles. The fraction of sp³-hybridized carbons (Fsp3) is 0.368. The molecule has 21 heavy (non-hydrogen) atoms. The smallest absolute Gasteiger partial charge is 0.0567 e. The Morgan fingerprint density at radius 2 is 1.86 bits per heavy atom. The number of aryl methyl sites for hydroxylation is 1. The van der Waals surface area contributed by atoms with Gasteiger partial charge in [0.1, 0.15) is 0 Å². The maximum atomic E-state index is 3.81. The summed E-state index contributed by atoms with van der Waals surface area (Å²) < 4.78 is 1.16. The van der Waals surface area contributed by atoms with Crippen LogP contribution in [-0.4, -0.2) is 0 Å². The average molecular weight is 344 g/mol. The average Bonchev–Trinajstić information content (AvgIpc) is 2.46. The van der Waals surface area contributed by atoms with Crippen LogP contribution in [0.25, 0.3) is 0 Å². The second-order valence-electron chi connectivity index (χ2n) is 6.68. The predicted octanol–water partition coefficient (Wildman–Crippen LogP) is 5.88. The van der Waals surface area contributed by atoms with E-state index in [9.17, 15) is 0 Å². The normalized spacial score (nSPS) is 19.9. The summed E-state index contributed by atoms with van der Waals surface area (Å²) in [7, 11) is 0. The minimum Gasteiger partial charge on any atom is -0.377 e. The van der Waals surface area contributed by atoms with Crippen molar-refractivity contribution in [2.75, 3.05) is 5.32 Å². The van der Waals surface area contributed by atoms with Crippen molar-refractivity contribution in [3.8, 4) is 0 Å². The molecule has 0 heterocycles. The van der Waals surface area contributed by atoms with Gasteiger partial charge in [-0.05, 0) is 54.0 Å². The van der Waals surface area contributed by atoms with Crippen LogP contribution in [0.3, 0.4) is 0 Å². The van der Waals surface area contributed by atoms with Crippen molar-refractivity contribution in [1.29, 1.82) is 0 Å². The van der Waals surface area contributed by atoms with Crippen LogP contribution in [0.1, 0.15) is 43.0 Å². The summed E-state index contributed by atoms with van der Waals surface area (Å²) in [6.45, 7) is 6.90. The van der Waals surface area contributed by atoms with E-state index < -0.39 is 0 Å². The Bertz CT molecular complexity index is 660. The highest BCUT2D eigenvalue weighted by Gasteiger charge is 2.35. The highest BCUT2D eigenvalue weighted by Crippen LogP contribution is 2.45. The number of hydrogen-bond acceptors (Lipinski definition) is 1. The van der Waals surface area contributed by atoms with E-state index in [1.165, 1.54) is 35.2 Å². The quantitative estimate of drug-likeness (QED) is 0.717. The molecule has 0 saturated carbocycles. The second-order valence-corrected chi connectivity index (χ2v) is 7.53. The molecule has 2 aromatic rings. The van der Waals surface area contributed by atoms with Gasteiger partial charge in [-0.2, -0.15) is 0 Å². The van der Waals surface area contributed by atoms with Crippen LogP contribution in [-0.2, 0) is 6.42 Å². The van der Waals surface area contributed by atoms with Crippen molar-refractivity contribution in [1.82, 2.24) is 0 Å². The monoisotopic (exact) mass is 343 g/mol. The molecule has 3 rings (SSSR count). The zero-order valence-corrected chi connectivity index (χ0v) is 14.5. The summed E-state index contributed by atoms with van der Waals surface area (Å²) in [4.78, 5) is 0. The number of rotatable bonds is 2. The molecule has 1 nitrogen and oxygen atoms in total. The second kappa shape index (κ2) is 5.49.